The fraction of sp³-hybridized carbons (Fsp3) is 0.938. The number of carbonyl (C=O) groups is 1. The predicted molar refractivity (Wildman–Crippen MR) is 80.9 cm³/mol. The average molecular weight is 268 g/mol. The van der Waals surface area contributed by atoms with Crippen LogP contribution in [0, 0.1) is 5.92 Å². The van der Waals surface area contributed by atoms with Crippen molar-refractivity contribution in [2.24, 2.45) is 5.92 Å². The minimum absolute atomic E-state index is 0.0187. The molecule has 3 nitrogen and oxygen atoms in total. The van der Waals surface area contributed by atoms with Crippen molar-refractivity contribution in [1.82, 2.24) is 10.2 Å². The first kappa shape index (κ1) is 16.5. The van der Waals surface area contributed by atoms with E-state index in [1.807, 2.05) is 0 Å². The smallest absolute Gasteiger partial charge is 0.241 e. The van der Waals surface area contributed by atoms with Crippen LogP contribution in [0.25, 0.3) is 0 Å². The Kier molecular flexibility index (Phi) is 6.84. The van der Waals surface area contributed by atoms with Crippen molar-refractivity contribution in [2.75, 3.05) is 0 Å². The van der Waals surface area contributed by atoms with Gasteiger partial charge in [-0.2, -0.15) is 0 Å². The van der Waals surface area contributed by atoms with E-state index < -0.39 is 0 Å². The Labute approximate surface area is 119 Å². The molecule has 3 heteroatoms. The maximum absolute atomic E-state index is 12.6. The van der Waals surface area contributed by atoms with Crippen LogP contribution < -0.4 is 5.32 Å². The summed E-state index contributed by atoms with van der Waals surface area (Å²) < 4.78 is 0. The third kappa shape index (κ3) is 4.20. The molecular formula is C16H32N2O. The summed E-state index contributed by atoms with van der Waals surface area (Å²) in [6.07, 6.45) is 7.30. The molecule has 1 saturated heterocycles. The van der Waals surface area contributed by atoms with Gasteiger partial charge >= 0.3 is 0 Å². The highest BCUT2D eigenvalue weighted by Gasteiger charge is 2.41. The van der Waals surface area contributed by atoms with Crippen LogP contribution in [-0.4, -0.2) is 29.1 Å². The van der Waals surface area contributed by atoms with Gasteiger partial charge in [0.1, 0.15) is 0 Å². The predicted octanol–water partition coefficient (Wildman–Crippen LogP) is 3.54. The third-order valence-electron chi connectivity index (χ3n) is 4.16. The number of rotatable bonds is 8. The van der Waals surface area contributed by atoms with Gasteiger partial charge < -0.3 is 4.90 Å². The van der Waals surface area contributed by atoms with Crippen LogP contribution in [0.1, 0.15) is 73.1 Å². The van der Waals surface area contributed by atoms with Crippen LogP contribution >= 0.6 is 0 Å². The second kappa shape index (κ2) is 7.88. The Morgan fingerprint density at radius 1 is 1.16 bits per heavy atom. The summed E-state index contributed by atoms with van der Waals surface area (Å²) in [5.41, 5.74) is 0. The zero-order valence-corrected chi connectivity index (χ0v) is 13.4. The van der Waals surface area contributed by atoms with Gasteiger partial charge in [0.05, 0.1) is 12.2 Å². The largest absolute Gasteiger partial charge is 0.323 e. The van der Waals surface area contributed by atoms with E-state index in [0.29, 0.717) is 17.9 Å². The molecule has 1 rings (SSSR count). The van der Waals surface area contributed by atoms with Gasteiger partial charge in [-0.1, -0.05) is 53.4 Å². The minimum atomic E-state index is 0.0187. The molecule has 0 aromatic rings. The quantitative estimate of drug-likeness (QED) is 0.683. The number of hydrogen-bond acceptors (Lipinski definition) is 2. The van der Waals surface area contributed by atoms with Gasteiger partial charge in [0.15, 0.2) is 0 Å². The molecule has 19 heavy (non-hydrogen) atoms. The Bertz CT molecular complexity index is 278. The second-order valence-electron chi connectivity index (χ2n) is 6.28. The molecule has 3 unspecified atom stereocenters. The molecule has 1 fully saturated rings. The van der Waals surface area contributed by atoms with Crippen molar-refractivity contribution >= 4 is 5.91 Å². The highest BCUT2D eigenvalue weighted by Crippen LogP contribution is 2.24. The first-order valence-electron chi connectivity index (χ1n) is 8.11. The number of amides is 1. The maximum Gasteiger partial charge on any atom is 0.241 e. The number of carbonyl (C=O) groups excluding carboxylic acids is 1. The molecule has 1 aliphatic heterocycles. The third-order valence-corrected chi connectivity index (χ3v) is 4.16. The Balaban J connectivity index is 2.67. The molecule has 1 heterocycles. The van der Waals surface area contributed by atoms with E-state index in [0.717, 1.165) is 19.3 Å². The van der Waals surface area contributed by atoms with Gasteiger partial charge in [-0.05, 0) is 25.7 Å². The van der Waals surface area contributed by atoms with E-state index in [9.17, 15) is 4.79 Å². The van der Waals surface area contributed by atoms with E-state index in [4.69, 9.17) is 0 Å². The highest BCUT2D eigenvalue weighted by molar-refractivity contribution is 5.84. The van der Waals surface area contributed by atoms with Gasteiger partial charge in [0, 0.05) is 6.04 Å². The van der Waals surface area contributed by atoms with Gasteiger partial charge in [-0.15, -0.1) is 0 Å². The van der Waals surface area contributed by atoms with Crippen LogP contribution in [0.2, 0.25) is 0 Å². The lowest BCUT2D eigenvalue weighted by molar-refractivity contribution is -0.132. The Morgan fingerprint density at radius 3 is 2.37 bits per heavy atom. The molecule has 0 radical (unpaired) electrons. The molecule has 112 valence electrons. The molecule has 0 bridgehead atoms. The van der Waals surface area contributed by atoms with Gasteiger partial charge in [-0.25, -0.2) is 0 Å². The normalized spacial score (nSPS) is 25.4. The summed E-state index contributed by atoms with van der Waals surface area (Å²) in [5, 5.41) is 3.54. The molecule has 0 aromatic carbocycles. The van der Waals surface area contributed by atoms with Crippen molar-refractivity contribution in [3.63, 3.8) is 0 Å². The fourth-order valence-electron chi connectivity index (χ4n) is 3.00. The van der Waals surface area contributed by atoms with Crippen molar-refractivity contribution in [3.8, 4) is 0 Å². The first-order chi connectivity index (χ1) is 9.02. The van der Waals surface area contributed by atoms with Gasteiger partial charge in [0.2, 0.25) is 5.91 Å². The number of unbranched alkanes of at least 4 members (excludes halogenated alkanes) is 2. The van der Waals surface area contributed by atoms with Crippen molar-refractivity contribution in [2.45, 2.75) is 91.4 Å². The van der Waals surface area contributed by atoms with E-state index in [1.54, 1.807) is 0 Å². The van der Waals surface area contributed by atoms with Crippen molar-refractivity contribution < 1.29 is 4.79 Å². The molecule has 0 aromatic heterocycles. The SMILES string of the molecule is CCCCCC(C)N1C(=O)C(C(C)C)NC1CCC. The summed E-state index contributed by atoms with van der Waals surface area (Å²) in [7, 11) is 0. The first-order valence-corrected chi connectivity index (χ1v) is 8.11. The second-order valence-corrected chi connectivity index (χ2v) is 6.28. The molecular weight excluding hydrogens is 236 g/mol. The summed E-state index contributed by atoms with van der Waals surface area (Å²) in [6, 6.07) is 0.386. The molecule has 1 aliphatic rings. The van der Waals surface area contributed by atoms with Crippen molar-refractivity contribution in [1.29, 1.82) is 0 Å². The summed E-state index contributed by atoms with van der Waals surface area (Å²) in [5.74, 6) is 0.692. The fourth-order valence-corrected chi connectivity index (χ4v) is 3.00. The van der Waals surface area contributed by atoms with E-state index >= 15 is 0 Å². The number of hydrogen-bond donors (Lipinski definition) is 1. The molecule has 3 atom stereocenters. The van der Waals surface area contributed by atoms with E-state index in [1.165, 1.54) is 19.3 Å². The molecule has 0 saturated carbocycles. The number of nitrogens with one attached hydrogen (secondary N) is 1. The molecule has 0 spiro atoms. The average Bonchev–Trinajstić information content (AvgIpc) is 2.67. The number of nitrogens with zero attached hydrogens (tertiary/aromatic N) is 1. The van der Waals surface area contributed by atoms with Crippen LogP contribution in [-0.2, 0) is 4.79 Å². The zero-order chi connectivity index (χ0) is 14.4. The summed E-state index contributed by atoms with van der Waals surface area (Å²) in [6.45, 7) is 10.9. The Morgan fingerprint density at radius 2 is 1.84 bits per heavy atom. The minimum Gasteiger partial charge on any atom is -0.323 e. The summed E-state index contributed by atoms with van der Waals surface area (Å²) in [4.78, 5) is 14.7. The zero-order valence-electron chi connectivity index (χ0n) is 13.4. The lowest BCUT2D eigenvalue weighted by Crippen LogP contribution is -2.43. The Hall–Kier alpha value is -0.570. The molecule has 0 aliphatic carbocycles. The summed E-state index contributed by atoms with van der Waals surface area (Å²) >= 11 is 0. The van der Waals surface area contributed by atoms with Gasteiger partial charge in [0.25, 0.3) is 0 Å². The maximum atomic E-state index is 12.6. The standard InChI is InChI=1S/C16H32N2O/c1-6-8-9-11-13(5)18-14(10-7-2)17-15(12(3)4)16(18)19/h12-15,17H,6-11H2,1-5H3. The van der Waals surface area contributed by atoms with Crippen LogP contribution in [0.3, 0.4) is 0 Å². The van der Waals surface area contributed by atoms with E-state index in [2.05, 4.69) is 44.8 Å². The monoisotopic (exact) mass is 268 g/mol. The topological polar surface area (TPSA) is 32.3 Å². The van der Waals surface area contributed by atoms with E-state index in [-0.39, 0.29) is 12.2 Å². The lowest BCUT2D eigenvalue weighted by Gasteiger charge is -2.30. The van der Waals surface area contributed by atoms with Crippen LogP contribution in [0.4, 0.5) is 0 Å². The van der Waals surface area contributed by atoms with Crippen molar-refractivity contribution in [3.05, 3.63) is 0 Å². The lowest BCUT2D eigenvalue weighted by atomic mass is 10.0. The van der Waals surface area contributed by atoms with Crippen LogP contribution in [0.5, 0.6) is 0 Å². The molecule has 1 amide bonds. The van der Waals surface area contributed by atoms with Crippen LogP contribution in [0.15, 0.2) is 0 Å². The van der Waals surface area contributed by atoms with Gasteiger partial charge in [-0.3, -0.25) is 10.1 Å². The highest BCUT2D eigenvalue weighted by atomic mass is 16.2. The molecule has 1 N–H and O–H groups in total.